The Hall–Kier alpha value is -1.66. The van der Waals surface area contributed by atoms with Gasteiger partial charge in [0.1, 0.15) is 11.6 Å². The van der Waals surface area contributed by atoms with Gasteiger partial charge in [0.2, 0.25) is 5.13 Å². The van der Waals surface area contributed by atoms with E-state index in [1.54, 1.807) is 7.11 Å². The number of guanidine groups is 1. The van der Waals surface area contributed by atoms with Crippen molar-refractivity contribution in [3.63, 3.8) is 0 Å². The third-order valence-corrected chi connectivity index (χ3v) is 6.23. The van der Waals surface area contributed by atoms with E-state index in [0.717, 1.165) is 61.8 Å². The van der Waals surface area contributed by atoms with E-state index >= 15 is 0 Å². The first-order chi connectivity index (χ1) is 14.5. The quantitative estimate of drug-likeness (QED) is 0.318. The molecule has 31 heavy (non-hydrogen) atoms. The number of aromatic nitrogens is 2. The third kappa shape index (κ3) is 6.66. The van der Waals surface area contributed by atoms with Gasteiger partial charge in [-0.25, -0.2) is 4.98 Å². The van der Waals surface area contributed by atoms with Gasteiger partial charge in [0.25, 0.3) is 0 Å². The summed E-state index contributed by atoms with van der Waals surface area (Å²) in [5.74, 6) is 2.75. The first kappa shape index (κ1) is 25.6. The molecule has 0 amide bonds. The van der Waals surface area contributed by atoms with E-state index < -0.39 is 0 Å². The van der Waals surface area contributed by atoms with Crippen molar-refractivity contribution in [2.75, 3.05) is 65.9 Å². The van der Waals surface area contributed by atoms with Gasteiger partial charge < -0.3 is 24.8 Å². The van der Waals surface area contributed by atoms with Crippen LogP contribution >= 0.6 is 35.5 Å². The van der Waals surface area contributed by atoms with Gasteiger partial charge in [0.15, 0.2) is 5.96 Å². The fourth-order valence-corrected chi connectivity index (χ4v) is 4.37. The Kier molecular flexibility index (Phi) is 10.2. The van der Waals surface area contributed by atoms with Gasteiger partial charge in [-0.1, -0.05) is 19.1 Å². The highest BCUT2D eigenvalue weighted by Crippen LogP contribution is 2.22. The maximum absolute atomic E-state index is 5.29. The number of halogens is 1. The van der Waals surface area contributed by atoms with Crippen LogP contribution in [0.4, 0.5) is 5.13 Å². The lowest BCUT2D eigenvalue weighted by atomic mass is 10.1. The highest BCUT2D eigenvalue weighted by Gasteiger charge is 2.23. The second-order valence-electron chi connectivity index (χ2n) is 7.50. The maximum Gasteiger partial charge on any atom is 0.205 e. The predicted molar refractivity (Wildman–Crippen MR) is 139 cm³/mol. The molecule has 0 saturated carbocycles. The summed E-state index contributed by atoms with van der Waals surface area (Å²) in [6, 6.07) is 8.51. The molecule has 0 bridgehead atoms. The molecule has 1 unspecified atom stereocenters. The van der Waals surface area contributed by atoms with Crippen LogP contribution < -0.4 is 15.0 Å². The Balaban J connectivity index is 0.00000341. The van der Waals surface area contributed by atoms with E-state index in [9.17, 15) is 0 Å². The third-order valence-electron chi connectivity index (χ3n) is 5.41. The molecule has 1 atom stereocenters. The molecule has 0 spiro atoms. The maximum atomic E-state index is 5.29. The van der Waals surface area contributed by atoms with Crippen LogP contribution in [-0.4, -0.2) is 86.1 Å². The van der Waals surface area contributed by atoms with Gasteiger partial charge in [-0.3, -0.25) is 4.99 Å². The van der Waals surface area contributed by atoms with Crippen molar-refractivity contribution in [3.05, 3.63) is 35.7 Å². The second-order valence-corrected chi connectivity index (χ2v) is 8.23. The highest BCUT2D eigenvalue weighted by atomic mass is 127. The van der Waals surface area contributed by atoms with Crippen LogP contribution in [0, 0.1) is 0 Å². The Bertz CT molecular complexity index is 819. The number of piperazine rings is 1. The smallest absolute Gasteiger partial charge is 0.205 e. The number of likely N-dealkylation sites (N-methyl/N-ethyl adjacent to an activating group) is 1. The average molecular weight is 560 g/mol. The number of nitrogens with one attached hydrogen (secondary N) is 1. The topological polar surface area (TPSA) is 69.1 Å². The molecular formula is C21H34IN7OS. The Morgan fingerprint density at radius 1 is 1.23 bits per heavy atom. The fourth-order valence-electron chi connectivity index (χ4n) is 3.57. The molecule has 1 saturated heterocycles. The number of rotatable bonds is 7. The largest absolute Gasteiger partial charge is 0.497 e. The van der Waals surface area contributed by atoms with Crippen molar-refractivity contribution >= 4 is 46.6 Å². The molecule has 10 heteroatoms. The minimum Gasteiger partial charge on any atom is -0.497 e. The summed E-state index contributed by atoms with van der Waals surface area (Å²) < 4.78 is 9.70. The van der Waals surface area contributed by atoms with E-state index in [4.69, 9.17) is 4.74 Å². The summed E-state index contributed by atoms with van der Waals surface area (Å²) in [5.41, 5.74) is 1.25. The molecule has 2 aromatic rings. The van der Waals surface area contributed by atoms with Crippen LogP contribution in [0.3, 0.4) is 0 Å². The number of aryl methyl sites for hydroxylation is 1. The highest BCUT2D eigenvalue weighted by molar-refractivity contribution is 14.0. The van der Waals surface area contributed by atoms with Crippen molar-refractivity contribution in [2.24, 2.45) is 4.99 Å². The van der Waals surface area contributed by atoms with Crippen LogP contribution in [0.2, 0.25) is 0 Å². The molecule has 1 aliphatic heterocycles. The Morgan fingerprint density at radius 2 is 1.90 bits per heavy atom. The predicted octanol–water partition coefficient (Wildman–Crippen LogP) is 2.73. The molecule has 3 rings (SSSR count). The Morgan fingerprint density at radius 3 is 2.42 bits per heavy atom. The summed E-state index contributed by atoms with van der Waals surface area (Å²) in [4.78, 5) is 16.0. The molecule has 172 valence electrons. The first-order valence-electron chi connectivity index (χ1n) is 10.4. The molecular weight excluding hydrogens is 525 g/mol. The van der Waals surface area contributed by atoms with Crippen molar-refractivity contribution in [1.82, 2.24) is 24.5 Å². The minimum absolute atomic E-state index is 0. The normalized spacial score (nSPS) is 15.6. The minimum atomic E-state index is 0. The van der Waals surface area contributed by atoms with E-state index in [1.807, 2.05) is 19.2 Å². The monoisotopic (exact) mass is 559 g/mol. The molecule has 1 aliphatic rings. The second kappa shape index (κ2) is 12.4. The van der Waals surface area contributed by atoms with E-state index in [0.29, 0.717) is 0 Å². The average Bonchev–Trinajstić information content (AvgIpc) is 3.26. The number of hydrogen-bond acceptors (Lipinski definition) is 7. The first-order valence-corrected chi connectivity index (χ1v) is 11.2. The fraction of sp³-hybridized carbons (Fsp3) is 0.571. The van der Waals surface area contributed by atoms with Gasteiger partial charge in [-0.05, 0) is 31.8 Å². The number of aliphatic imine (C=N–C) groups is 1. The number of hydrogen-bond donors (Lipinski definition) is 1. The molecule has 2 heterocycles. The number of anilines is 1. The summed E-state index contributed by atoms with van der Waals surface area (Å²) in [6.45, 7) is 6.55. The molecule has 8 nitrogen and oxygen atoms in total. The molecule has 1 aromatic heterocycles. The van der Waals surface area contributed by atoms with Gasteiger partial charge in [-0.15, -0.1) is 24.0 Å². The van der Waals surface area contributed by atoms with Crippen molar-refractivity contribution in [3.8, 4) is 5.75 Å². The summed E-state index contributed by atoms with van der Waals surface area (Å²) in [7, 11) is 7.75. The number of ether oxygens (including phenoxy) is 1. The van der Waals surface area contributed by atoms with Crippen molar-refractivity contribution in [1.29, 1.82) is 0 Å². The molecule has 1 aromatic carbocycles. The van der Waals surface area contributed by atoms with Gasteiger partial charge in [0.05, 0.1) is 13.2 Å². The number of methoxy groups -OCH3 is 1. The van der Waals surface area contributed by atoms with Gasteiger partial charge >= 0.3 is 0 Å². The van der Waals surface area contributed by atoms with Crippen LogP contribution in [0.25, 0.3) is 0 Å². The van der Waals surface area contributed by atoms with Crippen LogP contribution in [0.15, 0.2) is 29.3 Å². The zero-order valence-electron chi connectivity index (χ0n) is 19.0. The molecule has 0 radical (unpaired) electrons. The van der Waals surface area contributed by atoms with E-state index in [-0.39, 0.29) is 30.0 Å². The van der Waals surface area contributed by atoms with Crippen LogP contribution in [0.5, 0.6) is 5.75 Å². The van der Waals surface area contributed by atoms with Crippen molar-refractivity contribution < 1.29 is 4.74 Å². The zero-order valence-corrected chi connectivity index (χ0v) is 22.2. The zero-order chi connectivity index (χ0) is 21.5. The molecule has 0 aliphatic carbocycles. The lowest BCUT2D eigenvalue weighted by Crippen LogP contribution is -2.53. The van der Waals surface area contributed by atoms with Crippen LogP contribution in [0.1, 0.15) is 24.4 Å². The lowest BCUT2D eigenvalue weighted by Gasteiger charge is -2.37. The standard InChI is InChI=1S/C21H33N7OS.HI/c1-6-19-24-21(30-25-19)28-13-11-27(12-14-28)20(22-2)23-15-18(26(3)4)16-7-9-17(29-5)10-8-16;/h7-10,18H,6,11-15H2,1-5H3,(H,22,23);1H. The summed E-state index contributed by atoms with van der Waals surface area (Å²) in [5, 5.41) is 4.60. The van der Waals surface area contributed by atoms with Crippen molar-refractivity contribution in [2.45, 2.75) is 19.4 Å². The summed E-state index contributed by atoms with van der Waals surface area (Å²) in [6.07, 6.45) is 0.883. The van der Waals surface area contributed by atoms with E-state index in [2.05, 4.69) is 67.5 Å². The molecule has 1 N–H and O–H groups in total. The van der Waals surface area contributed by atoms with Crippen LogP contribution in [-0.2, 0) is 6.42 Å². The SMILES string of the molecule is CCc1nsc(N2CCN(C(=NC)NCC(c3ccc(OC)cc3)N(C)C)CC2)n1.I. The molecule has 1 fully saturated rings. The summed E-state index contributed by atoms with van der Waals surface area (Å²) >= 11 is 1.50. The number of nitrogens with zero attached hydrogens (tertiary/aromatic N) is 6. The lowest BCUT2D eigenvalue weighted by molar-refractivity contribution is 0.292. The number of benzene rings is 1. The van der Waals surface area contributed by atoms with Gasteiger partial charge in [-0.2, -0.15) is 4.37 Å². The van der Waals surface area contributed by atoms with E-state index in [1.165, 1.54) is 17.1 Å². The Labute approximate surface area is 206 Å². The van der Waals surface area contributed by atoms with Gasteiger partial charge in [0, 0.05) is 57.7 Å².